The van der Waals surface area contributed by atoms with Crippen molar-refractivity contribution in [2.75, 3.05) is 6.54 Å². The van der Waals surface area contributed by atoms with Gasteiger partial charge in [0.2, 0.25) is 0 Å². The average molecular weight is 251 g/mol. The van der Waals surface area contributed by atoms with Crippen molar-refractivity contribution in [1.82, 2.24) is 10.3 Å². The van der Waals surface area contributed by atoms with Crippen molar-refractivity contribution in [2.45, 2.75) is 25.3 Å². The third-order valence-corrected chi connectivity index (χ3v) is 2.44. The molecule has 0 aliphatic carbocycles. The van der Waals surface area contributed by atoms with Crippen LogP contribution in [0.4, 0.5) is 0 Å². The number of carboxylic acids is 1. The Morgan fingerprint density at radius 2 is 2.17 bits per heavy atom. The normalized spacial score (nSPS) is 11.8. The average Bonchev–Trinajstić information content (AvgIpc) is 2.38. The summed E-state index contributed by atoms with van der Waals surface area (Å²) in [6.45, 7) is 0.488. The third-order valence-electron chi connectivity index (χ3n) is 2.44. The largest absolute Gasteiger partial charge is 0.480 e. The van der Waals surface area contributed by atoms with Crippen LogP contribution in [-0.4, -0.2) is 34.6 Å². The number of rotatable bonds is 7. The molecular formula is C12H17N3O3. The minimum Gasteiger partial charge on any atom is -0.480 e. The number of nitrogens with zero attached hydrogens (tertiary/aromatic N) is 1. The molecule has 0 saturated heterocycles. The van der Waals surface area contributed by atoms with E-state index in [-0.39, 0.29) is 5.91 Å². The van der Waals surface area contributed by atoms with E-state index >= 15 is 0 Å². The Kier molecular flexibility index (Phi) is 5.79. The highest BCUT2D eigenvalue weighted by molar-refractivity contribution is 5.92. The molecular weight excluding hydrogens is 234 g/mol. The number of aromatic nitrogens is 1. The van der Waals surface area contributed by atoms with Crippen LogP contribution in [0, 0.1) is 0 Å². The third kappa shape index (κ3) is 4.92. The Bertz CT molecular complexity index is 395. The van der Waals surface area contributed by atoms with Gasteiger partial charge in [0, 0.05) is 12.7 Å². The predicted molar refractivity (Wildman–Crippen MR) is 66.0 cm³/mol. The summed E-state index contributed by atoms with van der Waals surface area (Å²) in [4.78, 5) is 25.9. The molecule has 4 N–H and O–H groups in total. The molecule has 18 heavy (non-hydrogen) atoms. The SMILES string of the molecule is NC(CCCCNC(=O)c1ccccn1)C(=O)O. The molecule has 1 heterocycles. The van der Waals surface area contributed by atoms with E-state index in [0.717, 1.165) is 0 Å². The van der Waals surface area contributed by atoms with Crippen molar-refractivity contribution in [2.24, 2.45) is 5.73 Å². The van der Waals surface area contributed by atoms with E-state index in [0.29, 0.717) is 31.5 Å². The Hall–Kier alpha value is -1.95. The Balaban J connectivity index is 2.15. The molecule has 0 saturated carbocycles. The van der Waals surface area contributed by atoms with Crippen molar-refractivity contribution in [1.29, 1.82) is 0 Å². The minimum atomic E-state index is -0.993. The standard InChI is InChI=1S/C12H17N3O3/c13-9(12(17)18)5-1-3-8-15-11(16)10-6-2-4-7-14-10/h2,4,6-7,9H,1,3,5,8,13H2,(H,15,16)(H,17,18). The molecule has 6 nitrogen and oxygen atoms in total. The lowest BCUT2D eigenvalue weighted by Gasteiger charge is -2.06. The molecule has 6 heteroatoms. The van der Waals surface area contributed by atoms with Crippen molar-refractivity contribution >= 4 is 11.9 Å². The predicted octanol–water partition coefficient (Wildman–Crippen LogP) is 0.394. The summed E-state index contributed by atoms with van der Waals surface area (Å²) in [5, 5.41) is 11.3. The first kappa shape index (κ1) is 14.1. The molecule has 1 unspecified atom stereocenters. The van der Waals surface area contributed by atoms with E-state index in [1.54, 1.807) is 24.4 Å². The quantitative estimate of drug-likeness (QED) is 0.608. The lowest BCUT2D eigenvalue weighted by molar-refractivity contribution is -0.138. The van der Waals surface area contributed by atoms with Gasteiger partial charge in [-0.15, -0.1) is 0 Å². The first-order chi connectivity index (χ1) is 8.61. The van der Waals surface area contributed by atoms with Gasteiger partial charge in [-0.3, -0.25) is 14.6 Å². The highest BCUT2D eigenvalue weighted by atomic mass is 16.4. The maximum atomic E-state index is 11.6. The summed E-state index contributed by atoms with van der Waals surface area (Å²) >= 11 is 0. The van der Waals surface area contributed by atoms with Crippen LogP contribution in [0.2, 0.25) is 0 Å². The van der Waals surface area contributed by atoms with Crippen LogP contribution < -0.4 is 11.1 Å². The fourth-order valence-electron chi connectivity index (χ4n) is 1.40. The van der Waals surface area contributed by atoms with Crippen molar-refractivity contribution in [3.63, 3.8) is 0 Å². The van der Waals surface area contributed by atoms with Crippen LogP contribution in [0.25, 0.3) is 0 Å². The molecule has 0 aromatic carbocycles. The first-order valence-corrected chi connectivity index (χ1v) is 5.79. The minimum absolute atomic E-state index is 0.224. The Morgan fingerprint density at radius 1 is 1.39 bits per heavy atom. The second-order valence-electron chi connectivity index (χ2n) is 3.91. The molecule has 0 spiro atoms. The summed E-state index contributed by atoms with van der Waals surface area (Å²) < 4.78 is 0. The monoisotopic (exact) mass is 251 g/mol. The second kappa shape index (κ2) is 7.39. The molecule has 0 radical (unpaired) electrons. The number of carbonyl (C=O) groups excluding carboxylic acids is 1. The number of unbranched alkanes of at least 4 members (excludes halogenated alkanes) is 1. The van der Waals surface area contributed by atoms with Gasteiger partial charge >= 0.3 is 5.97 Å². The summed E-state index contributed by atoms with van der Waals surface area (Å²) in [5.41, 5.74) is 5.73. The van der Waals surface area contributed by atoms with E-state index in [1.165, 1.54) is 0 Å². The smallest absolute Gasteiger partial charge is 0.320 e. The zero-order chi connectivity index (χ0) is 13.4. The highest BCUT2D eigenvalue weighted by Crippen LogP contribution is 1.99. The van der Waals surface area contributed by atoms with Gasteiger partial charge in [0.15, 0.2) is 0 Å². The molecule has 1 rings (SSSR count). The van der Waals surface area contributed by atoms with Crippen LogP contribution in [0.5, 0.6) is 0 Å². The molecule has 0 aliphatic heterocycles. The van der Waals surface area contributed by atoms with Gasteiger partial charge in [0.25, 0.3) is 5.91 Å². The molecule has 0 aliphatic rings. The van der Waals surface area contributed by atoms with Crippen molar-refractivity contribution < 1.29 is 14.7 Å². The molecule has 1 aromatic rings. The molecule has 0 fully saturated rings. The van der Waals surface area contributed by atoms with Crippen LogP contribution in [0.15, 0.2) is 24.4 Å². The molecule has 1 atom stereocenters. The molecule has 98 valence electrons. The number of nitrogens with one attached hydrogen (secondary N) is 1. The summed E-state index contributed by atoms with van der Waals surface area (Å²) in [7, 11) is 0. The zero-order valence-corrected chi connectivity index (χ0v) is 10.0. The number of hydrogen-bond donors (Lipinski definition) is 3. The van der Waals surface area contributed by atoms with Gasteiger partial charge in [-0.1, -0.05) is 6.07 Å². The van der Waals surface area contributed by atoms with Gasteiger partial charge in [-0.05, 0) is 31.4 Å². The van der Waals surface area contributed by atoms with E-state index < -0.39 is 12.0 Å². The van der Waals surface area contributed by atoms with Gasteiger partial charge in [-0.2, -0.15) is 0 Å². The Morgan fingerprint density at radius 3 is 2.78 bits per heavy atom. The fraction of sp³-hybridized carbons (Fsp3) is 0.417. The maximum Gasteiger partial charge on any atom is 0.320 e. The number of hydrogen-bond acceptors (Lipinski definition) is 4. The van der Waals surface area contributed by atoms with E-state index in [4.69, 9.17) is 10.8 Å². The number of nitrogens with two attached hydrogens (primary N) is 1. The van der Waals surface area contributed by atoms with Gasteiger partial charge in [0.05, 0.1) is 0 Å². The van der Waals surface area contributed by atoms with Crippen molar-refractivity contribution in [3.8, 4) is 0 Å². The first-order valence-electron chi connectivity index (χ1n) is 5.79. The number of carboxylic acid groups (broad SMARTS) is 1. The fourth-order valence-corrected chi connectivity index (χ4v) is 1.40. The highest BCUT2D eigenvalue weighted by Gasteiger charge is 2.10. The summed E-state index contributed by atoms with van der Waals surface area (Å²) in [6, 6.07) is 4.30. The van der Waals surface area contributed by atoms with Crippen molar-refractivity contribution in [3.05, 3.63) is 30.1 Å². The van der Waals surface area contributed by atoms with Crippen LogP contribution >= 0.6 is 0 Å². The topological polar surface area (TPSA) is 105 Å². The summed E-state index contributed by atoms with van der Waals surface area (Å²) in [5.74, 6) is -1.22. The van der Waals surface area contributed by atoms with Crippen LogP contribution in [-0.2, 0) is 4.79 Å². The van der Waals surface area contributed by atoms with Gasteiger partial charge < -0.3 is 16.2 Å². The molecule has 1 aromatic heterocycles. The van der Waals surface area contributed by atoms with E-state index in [1.807, 2.05) is 0 Å². The maximum absolute atomic E-state index is 11.6. The number of amides is 1. The summed E-state index contributed by atoms with van der Waals surface area (Å²) in [6.07, 6.45) is 3.32. The Labute approximate surface area is 105 Å². The van der Waals surface area contributed by atoms with Gasteiger partial charge in [0.1, 0.15) is 11.7 Å². The zero-order valence-electron chi connectivity index (χ0n) is 10.0. The number of aliphatic carboxylic acids is 1. The van der Waals surface area contributed by atoms with Crippen LogP contribution in [0.3, 0.4) is 0 Å². The van der Waals surface area contributed by atoms with Gasteiger partial charge in [-0.25, -0.2) is 0 Å². The number of carbonyl (C=O) groups is 2. The number of pyridine rings is 1. The van der Waals surface area contributed by atoms with E-state index in [9.17, 15) is 9.59 Å². The lowest BCUT2D eigenvalue weighted by atomic mass is 10.1. The molecule has 1 amide bonds. The molecule has 0 bridgehead atoms. The van der Waals surface area contributed by atoms with Crippen LogP contribution in [0.1, 0.15) is 29.8 Å². The van der Waals surface area contributed by atoms with E-state index in [2.05, 4.69) is 10.3 Å². The second-order valence-corrected chi connectivity index (χ2v) is 3.91. The lowest BCUT2D eigenvalue weighted by Crippen LogP contribution is -2.30.